The van der Waals surface area contributed by atoms with Crippen LogP contribution in [0.5, 0.6) is 5.75 Å². The van der Waals surface area contributed by atoms with Crippen LogP contribution >= 0.6 is 0 Å². The largest absolute Gasteiger partial charge is 0.484 e. The summed E-state index contributed by atoms with van der Waals surface area (Å²) in [4.78, 5) is 12.0. The van der Waals surface area contributed by atoms with Crippen LogP contribution < -0.4 is 15.5 Å². The van der Waals surface area contributed by atoms with Crippen molar-refractivity contribution in [1.29, 1.82) is 0 Å². The maximum Gasteiger partial charge on any atom is 0.262 e. The van der Waals surface area contributed by atoms with Crippen molar-refractivity contribution in [3.63, 3.8) is 0 Å². The number of nitrogens with zero attached hydrogens (tertiary/aromatic N) is 1. The van der Waals surface area contributed by atoms with Crippen LogP contribution in [0.25, 0.3) is 0 Å². The standard InChI is InChI=1S/C22H21N3O2/c1-17-6-5-9-20(14-17)24-22(26)16-27-21-12-10-18(11-13-21)15-23-25-19-7-3-2-4-8-19/h2-15,25H,16H2,1H3,(H,24,26)/b23-15-. The molecule has 27 heavy (non-hydrogen) atoms. The summed E-state index contributed by atoms with van der Waals surface area (Å²) in [6.07, 6.45) is 1.72. The molecule has 0 heterocycles. The third-order valence-electron chi connectivity index (χ3n) is 3.73. The number of amides is 1. The van der Waals surface area contributed by atoms with E-state index in [-0.39, 0.29) is 12.5 Å². The zero-order chi connectivity index (χ0) is 18.9. The molecule has 5 heteroatoms. The van der Waals surface area contributed by atoms with Gasteiger partial charge in [-0.25, -0.2) is 0 Å². The molecule has 0 saturated carbocycles. The van der Waals surface area contributed by atoms with Crippen LogP contribution in [0, 0.1) is 6.92 Å². The Bertz CT molecular complexity index is 906. The predicted molar refractivity (Wildman–Crippen MR) is 109 cm³/mol. The molecular weight excluding hydrogens is 338 g/mol. The lowest BCUT2D eigenvalue weighted by atomic mass is 10.2. The molecule has 1 amide bonds. The maximum absolute atomic E-state index is 12.0. The molecular formula is C22H21N3O2. The summed E-state index contributed by atoms with van der Waals surface area (Å²) >= 11 is 0. The Morgan fingerprint density at radius 1 is 0.963 bits per heavy atom. The summed E-state index contributed by atoms with van der Waals surface area (Å²) in [6, 6.07) is 24.7. The second kappa shape index (κ2) is 9.20. The Kier molecular flexibility index (Phi) is 6.20. The van der Waals surface area contributed by atoms with Crippen LogP contribution in [0.3, 0.4) is 0 Å². The zero-order valence-corrected chi connectivity index (χ0v) is 15.1. The van der Waals surface area contributed by atoms with E-state index in [1.54, 1.807) is 6.21 Å². The number of aryl methyl sites for hydroxylation is 1. The summed E-state index contributed by atoms with van der Waals surface area (Å²) in [5.41, 5.74) is 6.67. The molecule has 0 radical (unpaired) electrons. The van der Waals surface area contributed by atoms with Crippen molar-refractivity contribution in [2.45, 2.75) is 6.92 Å². The fourth-order valence-corrected chi connectivity index (χ4v) is 2.41. The van der Waals surface area contributed by atoms with Crippen molar-refractivity contribution >= 4 is 23.5 Å². The number of rotatable bonds is 7. The Hall–Kier alpha value is -3.60. The van der Waals surface area contributed by atoms with Gasteiger partial charge in [0.15, 0.2) is 6.61 Å². The average Bonchev–Trinajstić information content (AvgIpc) is 2.68. The highest BCUT2D eigenvalue weighted by Crippen LogP contribution is 2.13. The Morgan fingerprint density at radius 2 is 1.70 bits per heavy atom. The molecule has 0 fully saturated rings. The molecule has 3 aromatic carbocycles. The highest BCUT2D eigenvalue weighted by atomic mass is 16.5. The number of nitrogens with one attached hydrogen (secondary N) is 2. The van der Waals surface area contributed by atoms with E-state index in [9.17, 15) is 4.79 Å². The number of hydrazone groups is 1. The molecule has 0 spiro atoms. The number of benzene rings is 3. The van der Waals surface area contributed by atoms with Gasteiger partial charge in [0, 0.05) is 5.69 Å². The van der Waals surface area contributed by atoms with Crippen molar-refractivity contribution < 1.29 is 9.53 Å². The van der Waals surface area contributed by atoms with Crippen LogP contribution in [0.4, 0.5) is 11.4 Å². The van der Waals surface area contributed by atoms with Crippen molar-refractivity contribution in [3.05, 3.63) is 90.0 Å². The van der Waals surface area contributed by atoms with Crippen LogP contribution in [-0.4, -0.2) is 18.7 Å². The van der Waals surface area contributed by atoms with Crippen LogP contribution in [-0.2, 0) is 4.79 Å². The Balaban J connectivity index is 1.46. The topological polar surface area (TPSA) is 62.7 Å². The van der Waals surface area contributed by atoms with Gasteiger partial charge in [-0.2, -0.15) is 5.10 Å². The van der Waals surface area contributed by atoms with Gasteiger partial charge < -0.3 is 10.1 Å². The molecule has 5 nitrogen and oxygen atoms in total. The summed E-state index contributed by atoms with van der Waals surface area (Å²) in [6.45, 7) is 1.93. The van der Waals surface area contributed by atoms with Crippen molar-refractivity contribution in [2.75, 3.05) is 17.3 Å². The van der Waals surface area contributed by atoms with Gasteiger partial charge in [0.2, 0.25) is 0 Å². The van der Waals surface area contributed by atoms with E-state index in [4.69, 9.17) is 4.74 Å². The van der Waals surface area contributed by atoms with Gasteiger partial charge in [0.1, 0.15) is 5.75 Å². The third kappa shape index (κ3) is 6.01. The minimum Gasteiger partial charge on any atom is -0.484 e. The first-order valence-electron chi connectivity index (χ1n) is 8.62. The lowest BCUT2D eigenvalue weighted by Crippen LogP contribution is -2.20. The minimum atomic E-state index is -0.196. The van der Waals surface area contributed by atoms with E-state index < -0.39 is 0 Å². The summed E-state index contributed by atoms with van der Waals surface area (Å²) in [7, 11) is 0. The highest BCUT2D eigenvalue weighted by molar-refractivity contribution is 5.92. The number of carbonyl (C=O) groups is 1. The molecule has 0 bridgehead atoms. The van der Waals surface area contributed by atoms with Gasteiger partial charge in [-0.1, -0.05) is 30.3 Å². The maximum atomic E-state index is 12.0. The molecule has 0 aliphatic rings. The summed E-state index contributed by atoms with van der Waals surface area (Å²) < 4.78 is 5.53. The second-order valence-electron chi connectivity index (χ2n) is 6.01. The van der Waals surface area contributed by atoms with Crippen LogP contribution in [0.1, 0.15) is 11.1 Å². The Labute approximate surface area is 158 Å². The lowest BCUT2D eigenvalue weighted by Gasteiger charge is -2.08. The fraction of sp³-hybridized carbons (Fsp3) is 0.0909. The second-order valence-corrected chi connectivity index (χ2v) is 6.01. The fourth-order valence-electron chi connectivity index (χ4n) is 2.41. The van der Waals surface area contributed by atoms with E-state index in [0.29, 0.717) is 5.75 Å². The summed E-state index contributed by atoms with van der Waals surface area (Å²) in [5, 5.41) is 7.00. The van der Waals surface area contributed by atoms with Gasteiger partial charge in [-0.15, -0.1) is 0 Å². The van der Waals surface area contributed by atoms with Crippen molar-refractivity contribution in [2.24, 2.45) is 5.10 Å². The quantitative estimate of drug-likeness (QED) is 0.484. The third-order valence-corrected chi connectivity index (χ3v) is 3.73. The molecule has 2 N–H and O–H groups in total. The van der Waals surface area contributed by atoms with Crippen LogP contribution in [0.15, 0.2) is 84.0 Å². The van der Waals surface area contributed by atoms with Crippen LogP contribution in [0.2, 0.25) is 0 Å². The van der Waals surface area contributed by atoms with E-state index in [1.807, 2.05) is 85.8 Å². The Morgan fingerprint density at radius 3 is 2.44 bits per heavy atom. The number of anilines is 2. The molecule has 3 aromatic rings. The molecule has 0 saturated heterocycles. The number of carbonyl (C=O) groups excluding carboxylic acids is 1. The molecule has 0 aliphatic carbocycles. The lowest BCUT2D eigenvalue weighted by molar-refractivity contribution is -0.118. The van der Waals surface area contributed by atoms with Gasteiger partial charge in [0.05, 0.1) is 11.9 Å². The number of ether oxygens (including phenoxy) is 1. The smallest absolute Gasteiger partial charge is 0.262 e. The normalized spacial score (nSPS) is 10.6. The van der Waals surface area contributed by atoms with Crippen molar-refractivity contribution in [3.8, 4) is 5.75 Å². The molecule has 0 aliphatic heterocycles. The minimum absolute atomic E-state index is 0.0447. The highest BCUT2D eigenvalue weighted by Gasteiger charge is 2.04. The zero-order valence-electron chi connectivity index (χ0n) is 15.1. The van der Waals surface area contributed by atoms with Gasteiger partial charge in [-0.05, 0) is 66.6 Å². The molecule has 136 valence electrons. The average molecular weight is 359 g/mol. The monoisotopic (exact) mass is 359 g/mol. The van der Waals surface area contributed by atoms with E-state index >= 15 is 0 Å². The van der Waals surface area contributed by atoms with E-state index in [0.717, 1.165) is 22.5 Å². The number of hydrogen-bond donors (Lipinski definition) is 2. The first-order chi connectivity index (χ1) is 13.2. The first-order valence-corrected chi connectivity index (χ1v) is 8.62. The van der Waals surface area contributed by atoms with E-state index in [2.05, 4.69) is 15.8 Å². The molecule has 3 rings (SSSR count). The number of para-hydroxylation sites is 1. The van der Waals surface area contributed by atoms with Gasteiger partial charge >= 0.3 is 0 Å². The molecule has 0 atom stereocenters. The SMILES string of the molecule is Cc1cccc(NC(=O)COc2ccc(/C=N\Nc3ccccc3)cc2)c1. The first kappa shape index (κ1) is 18.2. The van der Waals surface area contributed by atoms with Gasteiger partial charge in [0.25, 0.3) is 5.91 Å². The predicted octanol–water partition coefficient (Wildman–Crippen LogP) is 4.46. The number of hydrogen-bond acceptors (Lipinski definition) is 4. The molecule has 0 unspecified atom stereocenters. The van der Waals surface area contributed by atoms with Crippen molar-refractivity contribution in [1.82, 2.24) is 0 Å². The molecule has 0 aromatic heterocycles. The van der Waals surface area contributed by atoms with Gasteiger partial charge in [-0.3, -0.25) is 10.2 Å². The summed E-state index contributed by atoms with van der Waals surface area (Å²) in [5.74, 6) is 0.431. The van der Waals surface area contributed by atoms with E-state index in [1.165, 1.54) is 0 Å².